The van der Waals surface area contributed by atoms with Crippen molar-refractivity contribution in [3.05, 3.63) is 39.5 Å². The smallest absolute Gasteiger partial charge is 0.101 e. The second kappa shape index (κ2) is 5.92. The molecule has 0 spiro atoms. The highest BCUT2D eigenvalue weighted by molar-refractivity contribution is 9.10. The molecule has 0 radical (unpaired) electrons. The number of hydrogen-bond acceptors (Lipinski definition) is 3. The summed E-state index contributed by atoms with van der Waals surface area (Å²) in [5.41, 5.74) is 3.41. The van der Waals surface area contributed by atoms with Crippen molar-refractivity contribution < 1.29 is 4.42 Å². The number of nitrogens with one attached hydrogen (secondary N) is 1. The van der Waals surface area contributed by atoms with Crippen LogP contribution in [0.3, 0.4) is 0 Å². The first kappa shape index (κ1) is 14.3. The van der Waals surface area contributed by atoms with Gasteiger partial charge in [0.15, 0.2) is 0 Å². The van der Waals surface area contributed by atoms with Crippen LogP contribution in [-0.4, -0.2) is 16.3 Å². The number of nitrogens with zero attached hydrogens (tertiary/aromatic N) is 2. The van der Waals surface area contributed by atoms with Crippen LogP contribution in [0.2, 0.25) is 0 Å². The van der Waals surface area contributed by atoms with Gasteiger partial charge in [0.05, 0.1) is 22.1 Å². The van der Waals surface area contributed by atoms with Crippen molar-refractivity contribution in [1.29, 1.82) is 0 Å². The Morgan fingerprint density at radius 1 is 1.47 bits per heavy atom. The van der Waals surface area contributed by atoms with Crippen LogP contribution in [0.1, 0.15) is 35.7 Å². The molecule has 2 aromatic rings. The average molecular weight is 326 g/mol. The molecule has 0 bridgehead atoms. The van der Waals surface area contributed by atoms with E-state index in [1.165, 1.54) is 11.3 Å². The van der Waals surface area contributed by atoms with E-state index in [1.807, 2.05) is 31.8 Å². The van der Waals surface area contributed by atoms with E-state index < -0.39 is 0 Å². The third-order valence-corrected chi connectivity index (χ3v) is 4.29. The van der Waals surface area contributed by atoms with E-state index in [4.69, 9.17) is 4.42 Å². The molecule has 0 saturated carbocycles. The molecule has 0 aromatic carbocycles. The molecule has 2 aromatic heterocycles. The number of aryl methyl sites for hydroxylation is 3. The molecule has 1 N–H and O–H groups in total. The van der Waals surface area contributed by atoms with Crippen molar-refractivity contribution in [2.45, 2.75) is 33.2 Å². The minimum atomic E-state index is 0.244. The summed E-state index contributed by atoms with van der Waals surface area (Å²) in [5, 5.41) is 7.94. The van der Waals surface area contributed by atoms with Crippen LogP contribution < -0.4 is 5.32 Å². The van der Waals surface area contributed by atoms with Crippen LogP contribution in [0.15, 0.2) is 21.2 Å². The van der Waals surface area contributed by atoms with Gasteiger partial charge in [0.1, 0.15) is 5.76 Å². The monoisotopic (exact) mass is 325 g/mol. The number of aromatic nitrogens is 2. The molecule has 0 aliphatic rings. The summed E-state index contributed by atoms with van der Waals surface area (Å²) in [6, 6.07) is 2.33. The van der Waals surface area contributed by atoms with E-state index in [1.54, 1.807) is 0 Å². The maximum absolute atomic E-state index is 5.42. The van der Waals surface area contributed by atoms with Crippen LogP contribution in [0, 0.1) is 13.8 Å². The minimum absolute atomic E-state index is 0.244. The maximum Gasteiger partial charge on any atom is 0.101 e. The zero-order chi connectivity index (χ0) is 14.0. The highest BCUT2D eigenvalue weighted by Gasteiger charge is 2.18. The number of rotatable bonds is 5. The lowest BCUT2D eigenvalue weighted by Gasteiger charge is -2.16. The van der Waals surface area contributed by atoms with Gasteiger partial charge in [0.2, 0.25) is 0 Å². The van der Waals surface area contributed by atoms with Gasteiger partial charge in [-0.25, -0.2) is 0 Å². The summed E-state index contributed by atoms with van der Waals surface area (Å²) < 4.78 is 8.46. The molecule has 0 amide bonds. The minimum Gasteiger partial charge on any atom is -0.469 e. The van der Waals surface area contributed by atoms with E-state index in [-0.39, 0.29) is 6.04 Å². The summed E-state index contributed by atoms with van der Waals surface area (Å²) in [5.74, 6) is 0.943. The molecule has 19 heavy (non-hydrogen) atoms. The number of hydrogen-bond donors (Lipinski definition) is 1. The lowest BCUT2D eigenvalue weighted by molar-refractivity contribution is 0.503. The van der Waals surface area contributed by atoms with Crippen molar-refractivity contribution in [3.63, 3.8) is 0 Å². The summed E-state index contributed by atoms with van der Waals surface area (Å²) >= 11 is 3.62. The van der Waals surface area contributed by atoms with Gasteiger partial charge in [-0.1, -0.05) is 6.92 Å². The largest absolute Gasteiger partial charge is 0.469 e. The van der Waals surface area contributed by atoms with Crippen molar-refractivity contribution in [2.24, 2.45) is 7.05 Å². The molecule has 2 rings (SSSR count). The van der Waals surface area contributed by atoms with Gasteiger partial charge in [-0.05, 0) is 42.4 Å². The number of halogens is 1. The van der Waals surface area contributed by atoms with Gasteiger partial charge in [-0.3, -0.25) is 4.68 Å². The Hall–Kier alpha value is -1.07. The Bertz CT molecular complexity index is 559. The third-order valence-electron chi connectivity index (χ3n) is 3.26. The molecular formula is C14H20BrN3O. The summed E-state index contributed by atoms with van der Waals surface area (Å²) in [6.07, 6.45) is 2.71. The Morgan fingerprint density at radius 3 is 2.68 bits per heavy atom. The highest BCUT2D eigenvalue weighted by Crippen LogP contribution is 2.26. The van der Waals surface area contributed by atoms with Crippen LogP contribution in [0.25, 0.3) is 0 Å². The fourth-order valence-electron chi connectivity index (χ4n) is 2.30. The second-order valence-corrected chi connectivity index (χ2v) is 5.57. The summed E-state index contributed by atoms with van der Waals surface area (Å²) in [7, 11) is 1.98. The first-order chi connectivity index (χ1) is 9.02. The van der Waals surface area contributed by atoms with E-state index in [0.29, 0.717) is 0 Å². The lowest BCUT2D eigenvalue weighted by atomic mass is 10.0. The molecule has 5 heteroatoms. The van der Waals surface area contributed by atoms with E-state index in [0.717, 1.165) is 28.9 Å². The average Bonchev–Trinajstić information content (AvgIpc) is 2.88. The molecule has 0 fully saturated rings. The maximum atomic E-state index is 5.42. The van der Waals surface area contributed by atoms with E-state index >= 15 is 0 Å². The van der Waals surface area contributed by atoms with Crippen LogP contribution in [-0.2, 0) is 13.5 Å². The van der Waals surface area contributed by atoms with Gasteiger partial charge < -0.3 is 9.73 Å². The second-order valence-electron chi connectivity index (χ2n) is 4.77. The SMILES string of the molecule is CCNC(Cc1c(Br)c(C)nn1C)c1coc(C)c1. The van der Waals surface area contributed by atoms with Crippen molar-refractivity contribution in [2.75, 3.05) is 6.54 Å². The summed E-state index contributed by atoms with van der Waals surface area (Å²) in [4.78, 5) is 0. The van der Waals surface area contributed by atoms with Crippen molar-refractivity contribution in [1.82, 2.24) is 15.1 Å². The first-order valence-electron chi connectivity index (χ1n) is 6.49. The van der Waals surface area contributed by atoms with Crippen LogP contribution >= 0.6 is 15.9 Å². The Morgan fingerprint density at radius 2 is 2.21 bits per heavy atom. The molecule has 1 unspecified atom stereocenters. The fourth-order valence-corrected chi connectivity index (χ4v) is 2.79. The normalized spacial score (nSPS) is 12.9. The molecule has 4 nitrogen and oxygen atoms in total. The molecule has 2 heterocycles. The van der Waals surface area contributed by atoms with Gasteiger partial charge >= 0.3 is 0 Å². The topological polar surface area (TPSA) is 43.0 Å². The Kier molecular flexibility index (Phi) is 4.47. The third kappa shape index (κ3) is 3.09. The lowest BCUT2D eigenvalue weighted by Crippen LogP contribution is -2.23. The zero-order valence-corrected chi connectivity index (χ0v) is 13.4. The first-order valence-corrected chi connectivity index (χ1v) is 7.28. The van der Waals surface area contributed by atoms with Gasteiger partial charge in [-0.15, -0.1) is 0 Å². The molecule has 104 valence electrons. The standard InChI is InChI=1S/C14H20BrN3O/c1-5-16-12(11-6-9(2)19-8-11)7-13-14(15)10(3)17-18(13)4/h6,8,12,16H,5,7H2,1-4H3. The van der Waals surface area contributed by atoms with Crippen molar-refractivity contribution >= 4 is 15.9 Å². The number of likely N-dealkylation sites (N-methyl/N-ethyl adjacent to an activating group) is 1. The molecular weight excluding hydrogens is 306 g/mol. The zero-order valence-electron chi connectivity index (χ0n) is 11.8. The predicted octanol–water partition coefficient (Wildman–Crippen LogP) is 3.29. The van der Waals surface area contributed by atoms with E-state index in [2.05, 4.69) is 39.3 Å². The Balaban J connectivity index is 2.26. The van der Waals surface area contributed by atoms with Crippen LogP contribution in [0.4, 0.5) is 0 Å². The van der Waals surface area contributed by atoms with Crippen molar-refractivity contribution in [3.8, 4) is 0 Å². The van der Waals surface area contributed by atoms with Gasteiger partial charge in [0.25, 0.3) is 0 Å². The van der Waals surface area contributed by atoms with Gasteiger partial charge in [-0.2, -0.15) is 5.10 Å². The molecule has 0 aliphatic carbocycles. The van der Waals surface area contributed by atoms with Gasteiger partial charge in [0, 0.05) is 25.1 Å². The summed E-state index contributed by atoms with van der Waals surface area (Å²) in [6.45, 7) is 7.02. The fraction of sp³-hybridized carbons (Fsp3) is 0.500. The van der Waals surface area contributed by atoms with E-state index in [9.17, 15) is 0 Å². The quantitative estimate of drug-likeness (QED) is 0.917. The number of furan rings is 1. The highest BCUT2D eigenvalue weighted by atomic mass is 79.9. The predicted molar refractivity (Wildman–Crippen MR) is 79.2 cm³/mol. The molecule has 0 aliphatic heterocycles. The molecule has 1 atom stereocenters. The molecule has 0 saturated heterocycles. The Labute approximate surface area is 122 Å². The van der Waals surface area contributed by atoms with Crippen LogP contribution in [0.5, 0.6) is 0 Å².